The summed E-state index contributed by atoms with van der Waals surface area (Å²) in [5, 5.41) is 2.43. The molecule has 0 saturated carbocycles. The average molecular weight is 799 g/mol. The molecule has 11 aromatic rings. The molecule has 286 valence electrons. The third-order valence-electron chi connectivity index (χ3n) is 10.8. The van der Waals surface area contributed by atoms with Gasteiger partial charge in [0.1, 0.15) is 0 Å². The van der Waals surface area contributed by atoms with Crippen LogP contribution in [0.15, 0.2) is 206 Å². The second-order valence-electron chi connectivity index (χ2n) is 14.7. The predicted molar refractivity (Wildman–Crippen MR) is 250 cm³/mol. The van der Waals surface area contributed by atoms with Crippen LogP contribution in [0.5, 0.6) is 0 Å². The van der Waals surface area contributed by atoms with E-state index in [2.05, 4.69) is 84.9 Å². The van der Waals surface area contributed by atoms with Crippen LogP contribution in [0.1, 0.15) is 0 Å². The second kappa shape index (κ2) is 15.6. The van der Waals surface area contributed by atoms with Crippen molar-refractivity contribution >= 4 is 31.5 Å². The molecule has 0 radical (unpaired) electrons. The third-order valence-corrected chi connectivity index (χ3v) is 12.0. The minimum absolute atomic E-state index is 0.624. The number of thiophene rings is 1. The molecule has 0 atom stereocenters. The van der Waals surface area contributed by atoms with Gasteiger partial charge in [-0.1, -0.05) is 188 Å². The van der Waals surface area contributed by atoms with E-state index in [9.17, 15) is 0 Å². The Bertz CT molecular complexity index is 3240. The fraction of sp³-hybridized carbons (Fsp3) is 0. The van der Waals surface area contributed by atoms with Crippen molar-refractivity contribution in [1.82, 2.24) is 29.9 Å². The molecule has 0 bridgehead atoms. The van der Waals surface area contributed by atoms with Gasteiger partial charge in [0.25, 0.3) is 0 Å². The maximum absolute atomic E-state index is 5.03. The minimum Gasteiger partial charge on any atom is -0.208 e. The Morgan fingerprint density at radius 1 is 0.262 bits per heavy atom. The molecule has 0 unspecified atom stereocenters. The van der Waals surface area contributed by atoms with Gasteiger partial charge in [-0.15, -0.1) is 11.3 Å². The quantitative estimate of drug-likeness (QED) is 0.152. The highest BCUT2D eigenvalue weighted by Gasteiger charge is 2.19. The smallest absolute Gasteiger partial charge is 0.164 e. The van der Waals surface area contributed by atoms with Gasteiger partial charge in [-0.2, -0.15) is 0 Å². The summed E-state index contributed by atoms with van der Waals surface area (Å²) < 4.78 is 2.44. The van der Waals surface area contributed by atoms with Crippen LogP contribution in [0.2, 0.25) is 0 Å². The molecule has 61 heavy (non-hydrogen) atoms. The zero-order chi connectivity index (χ0) is 40.5. The number of aromatic nitrogens is 6. The monoisotopic (exact) mass is 798 g/mol. The van der Waals surface area contributed by atoms with Crippen LogP contribution in [0.3, 0.4) is 0 Å². The molecule has 3 aromatic heterocycles. The fourth-order valence-electron chi connectivity index (χ4n) is 7.82. The molecule has 6 nitrogen and oxygen atoms in total. The molecule has 8 aromatic carbocycles. The first kappa shape index (κ1) is 36.1. The van der Waals surface area contributed by atoms with Crippen LogP contribution in [-0.2, 0) is 0 Å². The number of fused-ring (bicyclic) bond motifs is 3. The lowest BCUT2D eigenvalue weighted by Crippen LogP contribution is -2.00. The normalized spacial score (nSPS) is 11.3. The molecule has 0 aliphatic heterocycles. The van der Waals surface area contributed by atoms with Crippen LogP contribution in [0.4, 0.5) is 0 Å². The van der Waals surface area contributed by atoms with Crippen molar-refractivity contribution in [3.05, 3.63) is 206 Å². The Morgan fingerprint density at radius 2 is 0.590 bits per heavy atom. The van der Waals surface area contributed by atoms with Crippen LogP contribution in [-0.4, -0.2) is 29.9 Å². The van der Waals surface area contributed by atoms with Crippen LogP contribution < -0.4 is 0 Å². The summed E-state index contributed by atoms with van der Waals surface area (Å²) in [6, 6.07) is 70.7. The zero-order valence-corrected chi connectivity index (χ0v) is 33.5. The Balaban J connectivity index is 1.04. The minimum atomic E-state index is 0.624. The molecule has 0 N–H and O–H groups in total. The first-order valence-electron chi connectivity index (χ1n) is 20.1. The van der Waals surface area contributed by atoms with Crippen molar-refractivity contribution < 1.29 is 0 Å². The highest BCUT2D eigenvalue weighted by molar-refractivity contribution is 7.26. The van der Waals surface area contributed by atoms with E-state index in [0.29, 0.717) is 34.9 Å². The summed E-state index contributed by atoms with van der Waals surface area (Å²) in [7, 11) is 0. The van der Waals surface area contributed by atoms with Gasteiger partial charge >= 0.3 is 0 Å². The maximum atomic E-state index is 5.03. The van der Waals surface area contributed by atoms with Crippen molar-refractivity contribution in [3.63, 3.8) is 0 Å². The zero-order valence-electron chi connectivity index (χ0n) is 32.7. The molecule has 0 fully saturated rings. The van der Waals surface area contributed by atoms with Gasteiger partial charge in [-0.3, -0.25) is 0 Å². The number of rotatable bonds is 8. The largest absolute Gasteiger partial charge is 0.208 e. The van der Waals surface area contributed by atoms with E-state index in [1.165, 1.54) is 20.2 Å². The van der Waals surface area contributed by atoms with Gasteiger partial charge in [0.15, 0.2) is 34.9 Å². The number of benzene rings is 8. The summed E-state index contributed by atoms with van der Waals surface area (Å²) in [6.45, 7) is 0. The van der Waals surface area contributed by atoms with E-state index in [1.807, 2.05) is 133 Å². The molecular formula is C54H34N6S. The molecule has 0 amide bonds. The maximum Gasteiger partial charge on any atom is 0.164 e. The standard InChI is InChI=1S/C54H34N6S/c1-5-17-35(18-6-1)49-55-50(36-19-7-2-8-20-36)58-53(57-49)41-27-15-25-39(33-41)43-31-32-44(48-47(43)45-29-13-14-30-46(45)61-48)40-26-16-28-42(34-40)54-59-51(37-21-9-3-10-22-37)56-52(60-54)38-23-11-4-12-24-38/h1-34H. The molecule has 7 heteroatoms. The summed E-state index contributed by atoms with van der Waals surface area (Å²) in [5.41, 5.74) is 10.1. The van der Waals surface area contributed by atoms with E-state index < -0.39 is 0 Å². The number of hydrogen-bond donors (Lipinski definition) is 0. The van der Waals surface area contributed by atoms with Gasteiger partial charge in [0, 0.05) is 53.6 Å². The van der Waals surface area contributed by atoms with E-state index >= 15 is 0 Å². The number of nitrogens with zero attached hydrogens (tertiary/aromatic N) is 6. The van der Waals surface area contributed by atoms with Gasteiger partial charge in [0.2, 0.25) is 0 Å². The third kappa shape index (κ3) is 7.03. The lowest BCUT2D eigenvalue weighted by molar-refractivity contribution is 1.07. The van der Waals surface area contributed by atoms with Gasteiger partial charge in [0.05, 0.1) is 0 Å². The van der Waals surface area contributed by atoms with Crippen molar-refractivity contribution in [2.24, 2.45) is 0 Å². The van der Waals surface area contributed by atoms with Crippen LogP contribution in [0.25, 0.3) is 111 Å². The summed E-state index contributed by atoms with van der Waals surface area (Å²) in [4.78, 5) is 30.0. The van der Waals surface area contributed by atoms with Gasteiger partial charge in [-0.05, 0) is 40.5 Å². The SMILES string of the molecule is c1ccc(-c2nc(-c3ccccc3)nc(-c3cccc(-c4ccc(-c5cccc(-c6nc(-c7ccccc7)nc(-c7ccccc7)n6)c5)c5c4sc4ccccc45)c3)n2)cc1. The van der Waals surface area contributed by atoms with Crippen molar-refractivity contribution in [1.29, 1.82) is 0 Å². The van der Waals surface area contributed by atoms with E-state index in [1.54, 1.807) is 0 Å². The predicted octanol–water partition coefficient (Wildman–Crippen LogP) is 13.8. The van der Waals surface area contributed by atoms with Crippen LogP contribution in [0, 0.1) is 0 Å². The molecule has 0 spiro atoms. The summed E-state index contributed by atoms with van der Waals surface area (Å²) in [6.07, 6.45) is 0. The molecule has 3 heterocycles. The van der Waals surface area contributed by atoms with Gasteiger partial charge < -0.3 is 0 Å². The Kier molecular flexibility index (Phi) is 9.26. The van der Waals surface area contributed by atoms with E-state index in [0.717, 1.165) is 55.6 Å². The summed E-state index contributed by atoms with van der Waals surface area (Å²) >= 11 is 1.82. The molecule has 0 aliphatic carbocycles. The highest BCUT2D eigenvalue weighted by Crippen LogP contribution is 2.45. The van der Waals surface area contributed by atoms with Crippen molar-refractivity contribution in [2.75, 3.05) is 0 Å². The number of hydrogen-bond acceptors (Lipinski definition) is 7. The average Bonchev–Trinajstić information content (AvgIpc) is 3.74. The van der Waals surface area contributed by atoms with Crippen LogP contribution >= 0.6 is 11.3 Å². The topological polar surface area (TPSA) is 77.3 Å². The van der Waals surface area contributed by atoms with E-state index in [-0.39, 0.29) is 0 Å². The molecule has 0 saturated heterocycles. The summed E-state index contributed by atoms with van der Waals surface area (Å²) in [5.74, 6) is 3.80. The molecule has 11 rings (SSSR count). The van der Waals surface area contributed by atoms with E-state index in [4.69, 9.17) is 29.9 Å². The first-order valence-corrected chi connectivity index (χ1v) is 20.9. The van der Waals surface area contributed by atoms with Crippen molar-refractivity contribution in [2.45, 2.75) is 0 Å². The molecule has 0 aliphatic rings. The lowest BCUT2D eigenvalue weighted by atomic mass is 9.93. The highest BCUT2D eigenvalue weighted by atomic mass is 32.1. The Morgan fingerprint density at radius 3 is 1.03 bits per heavy atom. The Hall–Kier alpha value is -8.00. The van der Waals surface area contributed by atoms with Crippen molar-refractivity contribution in [3.8, 4) is 90.6 Å². The lowest BCUT2D eigenvalue weighted by Gasteiger charge is -2.13. The molecular weight excluding hydrogens is 765 g/mol. The van der Waals surface area contributed by atoms with Gasteiger partial charge in [-0.25, -0.2) is 29.9 Å². The fourth-order valence-corrected chi connectivity index (χ4v) is 9.09. The second-order valence-corrected chi connectivity index (χ2v) is 15.8. The Labute approximate surface area is 356 Å². The first-order chi connectivity index (χ1) is 30.2.